The van der Waals surface area contributed by atoms with Crippen molar-refractivity contribution in [3.63, 3.8) is 0 Å². The van der Waals surface area contributed by atoms with E-state index >= 15 is 0 Å². The smallest absolute Gasteiger partial charge is 0.407 e. The zero-order valence-corrected chi connectivity index (χ0v) is 7.24. The lowest BCUT2D eigenvalue weighted by Gasteiger charge is -2.25. The van der Waals surface area contributed by atoms with Crippen LogP contribution in [0.5, 0.6) is 0 Å². The molecule has 0 radical (unpaired) electrons. The summed E-state index contributed by atoms with van der Waals surface area (Å²) in [5.74, 6) is -0.724. The van der Waals surface area contributed by atoms with Crippen LogP contribution in [-0.2, 0) is 9.47 Å². The van der Waals surface area contributed by atoms with Crippen LogP contribution in [0.1, 0.15) is 6.42 Å². The molecular weight excluding hydrogens is 162 g/mol. The molecule has 1 aliphatic rings. The van der Waals surface area contributed by atoms with E-state index in [4.69, 9.17) is 14.6 Å². The van der Waals surface area contributed by atoms with Crippen molar-refractivity contribution in [1.29, 1.82) is 0 Å². The highest BCUT2D eigenvalue weighted by molar-refractivity contribution is 5.65. The van der Waals surface area contributed by atoms with Gasteiger partial charge < -0.3 is 19.5 Å². The molecule has 1 saturated heterocycles. The summed E-state index contributed by atoms with van der Waals surface area (Å²) >= 11 is 0. The number of ether oxygens (including phenoxy) is 2. The van der Waals surface area contributed by atoms with Crippen molar-refractivity contribution >= 4 is 6.09 Å². The Bertz CT molecular complexity index is 178. The molecule has 0 aromatic heterocycles. The Labute approximate surface area is 70.9 Å². The SMILES string of the molecule is COC1(OC)CCN(C(=O)O)C1. The fraction of sp³-hybridized carbons (Fsp3) is 0.857. The standard InChI is InChI=1S/C7H13NO4/c1-11-7(12-2)3-4-8(5-7)6(9)10/h3-5H2,1-2H3,(H,9,10). The van der Waals surface area contributed by atoms with Gasteiger partial charge in [-0.1, -0.05) is 0 Å². The Kier molecular flexibility index (Phi) is 2.54. The molecule has 1 rings (SSSR count). The van der Waals surface area contributed by atoms with E-state index in [1.165, 1.54) is 19.1 Å². The van der Waals surface area contributed by atoms with Gasteiger partial charge in [-0.15, -0.1) is 0 Å². The number of nitrogens with zero attached hydrogens (tertiary/aromatic N) is 1. The van der Waals surface area contributed by atoms with Gasteiger partial charge in [-0.3, -0.25) is 0 Å². The summed E-state index contributed by atoms with van der Waals surface area (Å²) in [6.07, 6.45) is -0.335. The van der Waals surface area contributed by atoms with Crippen LogP contribution in [0.4, 0.5) is 4.79 Å². The lowest BCUT2D eigenvalue weighted by Crippen LogP contribution is -2.38. The molecule has 5 heteroatoms. The molecule has 70 valence electrons. The first-order valence-corrected chi connectivity index (χ1v) is 3.72. The summed E-state index contributed by atoms with van der Waals surface area (Å²) in [6, 6.07) is 0. The van der Waals surface area contributed by atoms with E-state index in [0.717, 1.165) is 0 Å². The maximum Gasteiger partial charge on any atom is 0.407 e. The van der Waals surface area contributed by atoms with Crippen LogP contribution in [0.2, 0.25) is 0 Å². The van der Waals surface area contributed by atoms with Gasteiger partial charge in [0.2, 0.25) is 0 Å². The van der Waals surface area contributed by atoms with E-state index < -0.39 is 11.9 Å². The second-order valence-electron chi connectivity index (χ2n) is 2.77. The Hall–Kier alpha value is -0.810. The minimum atomic E-state index is -0.925. The maximum atomic E-state index is 10.5. The van der Waals surface area contributed by atoms with Crippen molar-refractivity contribution < 1.29 is 19.4 Å². The predicted molar refractivity (Wildman–Crippen MR) is 41.0 cm³/mol. The highest BCUT2D eigenvalue weighted by Crippen LogP contribution is 2.25. The van der Waals surface area contributed by atoms with E-state index in [2.05, 4.69) is 0 Å². The maximum absolute atomic E-state index is 10.5. The molecule has 1 amide bonds. The Morgan fingerprint density at radius 2 is 2.08 bits per heavy atom. The molecule has 5 nitrogen and oxygen atoms in total. The van der Waals surface area contributed by atoms with Gasteiger partial charge in [-0.2, -0.15) is 0 Å². The highest BCUT2D eigenvalue weighted by Gasteiger charge is 2.40. The van der Waals surface area contributed by atoms with Gasteiger partial charge in [0.1, 0.15) is 0 Å². The minimum Gasteiger partial charge on any atom is -0.465 e. The third-order valence-corrected chi connectivity index (χ3v) is 2.21. The summed E-state index contributed by atoms with van der Waals surface area (Å²) in [4.78, 5) is 11.8. The van der Waals surface area contributed by atoms with Crippen LogP contribution < -0.4 is 0 Å². The molecule has 0 bridgehead atoms. The zero-order chi connectivity index (χ0) is 9.19. The summed E-state index contributed by atoms with van der Waals surface area (Å²) in [6.45, 7) is 0.756. The fourth-order valence-electron chi connectivity index (χ4n) is 1.33. The van der Waals surface area contributed by atoms with E-state index in [9.17, 15) is 4.79 Å². The molecule has 0 unspecified atom stereocenters. The second-order valence-corrected chi connectivity index (χ2v) is 2.77. The number of carbonyl (C=O) groups is 1. The first kappa shape index (κ1) is 9.28. The van der Waals surface area contributed by atoms with Gasteiger partial charge >= 0.3 is 6.09 Å². The molecule has 1 N–H and O–H groups in total. The van der Waals surface area contributed by atoms with Crippen molar-refractivity contribution in [1.82, 2.24) is 4.90 Å². The molecule has 1 fully saturated rings. The summed E-state index contributed by atoms with van der Waals surface area (Å²) in [5.41, 5.74) is 0. The number of rotatable bonds is 2. The number of hydrogen-bond donors (Lipinski definition) is 1. The largest absolute Gasteiger partial charge is 0.465 e. The number of methoxy groups -OCH3 is 2. The molecule has 1 aliphatic heterocycles. The fourth-order valence-corrected chi connectivity index (χ4v) is 1.33. The molecule has 0 aliphatic carbocycles. The van der Waals surface area contributed by atoms with Crippen LogP contribution in [-0.4, -0.2) is 49.2 Å². The van der Waals surface area contributed by atoms with Crippen molar-refractivity contribution in [2.75, 3.05) is 27.3 Å². The van der Waals surface area contributed by atoms with Crippen molar-refractivity contribution in [3.8, 4) is 0 Å². The Morgan fingerprint density at radius 1 is 1.50 bits per heavy atom. The molecule has 0 atom stereocenters. The van der Waals surface area contributed by atoms with Gasteiger partial charge in [-0.05, 0) is 0 Å². The van der Waals surface area contributed by atoms with E-state index in [-0.39, 0.29) is 6.54 Å². The van der Waals surface area contributed by atoms with Gasteiger partial charge in [0, 0.05) is 27.2 Å². The molecule has 0 spiro atoms. The van der Waals surface area contributed by atoms with Crippen LogP contribution in [0.3, 0.4) is 0 Å². The quantitative estimate of drug-likeness (QED) is 0.615. The third kappa shape index (κ3) is 1.51. The van der Waals surface area contributed by atoms with Gasteiger partial charge in [0.05, 0.1) is 6.54 Å². The molecule has 0 aromatic carbocycles. The molecule has 0 aromatic rings. The molecule has 12 heavy (non-hydrogen) atoms. The predicted octanol–water partition coefficient (Wildman–Crippen LogP) is 0.359. The first-order valence-electron chi connectivity index (χ1n) is 3.72. The van der Waals surface area contributed by atoms with Crippen LogP contribution in [0, 0.1) is 0 Å². The summed E-state index contributed by atoms with van der Waals surface area (Å²) < 4.78 is 10.2. The minimum absolute atomic E-state index is 0.287. The highest BCUT2D eigenvalue weighted by atomic mass is 16.7. The van der Waals surface area contributed by atoms with Crippen molar-refractivity contribution in [3.05, 3.63) is 0 Å². The van der Waals surface area contributed by atoms with Crippen molar-refractivity contribution in [2.24, 2.45) is 0 Å². The van der Waals surface area contributed by atoms with E-state index in [0.29, 0.717) is 13.0 Å². The third-order valence-electron chi connectivity index (χ3n) is 2.21. The summed E-state index contributed by atoms with van der Waals surface area (Å²) in [7, 11) is 3.05. The van der Waals surface area contributed by atoms with Gasteiger partial charge in [0.25, 0.3) is 0 Å². The number of amides is 1. The van der Waals surface area contributed by atoms with Crippen molar-refractivity contribution in [2.45, 2.75) is 12.2 Å². The number of carboxylic acid groups (broad SMARTS) is 1. The normalized spacial score (nSPS) is 21.3. The average Bonchev–Trinajstić information content (AvgIpc) is 2.49. The average molecular weight is 175 g/mol. The number of likely N-dealkylation sites (tertiary alicyclic amines) is 1. The van der Waals surface area contributed by atoms with Gasteiger partial charge in [-0.25, -0.2) is 4.79 Å². The monoisotopic (exact) mass is 175 g/mol. The zero-order valence-electron chi connectivity index (χ0n) is 7.24. The Balaban J connectivity index is 2.58. The lowest BCUT2D eigenvalue weighted by atomic mass is 10.2. The lowest BCUT2D eigenvalue weighted by molar-refractivity contribution is -0.194. The summed E-state index contributed by atoms with van der Waals surface area (Å²) in [5, 5.41) is 8.65. The Morgan fingerprint density at radius 3 is 2.33 bits per heavy atom. The molecular formula is C7H13NO4. The molecule has 1 heterocycles. The first-order chi connectivity index (χ1) is 5.63. The topological polar surface area (TPSA) is 59.0 Å². The van der Waals surface area contributed by atoms with Gasteiger partial charge in [0.15, 0.2) is 5.79 Å². The van der Waals surface area contributed by atoms with Crippen LogP contribution in [0.25, 0.3) is 0 Å². The van der Waals surface area contributed by atoms with E-state index in [1.807, 2.05) is 0 Å². The second kappa shape index (κ2) is 3.28. The van der Waals surface area contributed by atoms with E-state index in [1.54, 1.807) is 0 Å². The van der Waals surface area contributed by atoms with Crippen LogP contribution in [0.15, 0.2) is 0 Å². The van der Waals surface area contributed by atoms with Crippen LogP contribution >= 0.6 is 0 Å². The molecule has 0 saturated carbocycles. The number of hydrogen-bond acceptors (Lipinski definition) is 3.